The predicted octanol–water partition coefficient (Wildman–Crippen LogP) is 4.52. The van der Waals surface area contributed by atoms with Crippen LogP contribution >= 0.6 is 15.9 Å². The minimum absolute atomic E-state index is 0.791. The molecule has 0 amide bonds. The number of hydrazone groups is 1. The molecule has 0 aliphatic heterocycles. The Kier molecular flexibility index (Phi) is 4.79. The number of aryl methyl sites for hydroxylation is 2. The number of hydrogen-bond acceptors (Lipinski definition) is 3. The van der Waals surface area contributed by atoms with Gasteiger partial charge in [-0.1, -0.05) is 22.0 Å². The summed E-state index contributed by atoms with van der Waals surface area (Å²) in [6.45, 7) is 4.18. The van der Waals surface area contributed by atoms with Gasteiger partial charge < -0.3 is 4.74 Å². The van der Waals surface area contributed by atoms with Crippen molar-refractivity contribution in [1.29, 1.82) is 0 Å². The second-order valence-electron chi connectivity index (χ2n) is 4.56. The van der Waals surface area contributed by atoms with E-state index < -0.39 is 0 Å². The van der Waals surface area contributed by atoms with Crippen molar-refractivity contribution >= 4 is 27.8 Å². The van der Waals surface area contributed by atoms with Crippen molar-refractivity contribution in [3.05, 3.63) is 57.6 Å². The van der Waals surface area contributed by atoms with E-state index in [0.717, 1.165) is 21.5 Å². The fourth-order valence-electron chi connectivity index (χ4n) is 1.79. The molecule has 0 radical (unpaired) electrons. The highest BCUT2D eigenvalue weighted by atomic mass is 79.9. The van der Waals surface area contributed by atoms with Gasteiger partial charge in [0.05, 0.1) is 19.0 Å². The van der Waals surface area contributed by atoms with Crippen molar-refractivity contribution in [2.75, 3.05) is 12.5 Å². The molecule has 1 N–H and O–H groups in total. The zero-order chi connectivity index (χ0) is 14.5. The lowest BCUT2D eigenvalue weighted by Crippen LogP contribution is -1.94. The normalized spacial score (nSPS) is 10.8. The highest BCUT2D eigenvalue weighted by molar-refractivity contribution is 9.10. The number of benzene rings is 2. The number of halogens is 1. The van der Waals surface area contributed by atoms with Gasteiger partial charge in [-0.3, -0.25) is 5.43 Å². The molecule has 0 saturated carbocycles. The quantitative estimate of drug-likeness (QED) is 0.659. The average molecular weight is 333 g/mol. The summed E-state index contributed by atoms with van der Waals surface area (Å²) >= 11 is 3.44. The maximum absolute atomic E-state index is 5.30. The van der Waals surface area contributed by atoms with Crippen LogP contribution in [0.25, 0.3) is 0 Å². The summed E-state index contributed by atoms with van der Waals surface area (Å²) in [5, 5.41) is 4.26. The minimum atomic E-state index is 0.791. The number of ether oxygens (including phenoxy) is 1. The Labute approximate surface area is 127 Å². The molecule has 0 heterocycles. The molecule has 0 aromatic heterocycles. The highest BCUT2D eigenvalue weighted by Crippen LogP contribution is 2.21. The summed E-state index contributed by atoms with van der Waals surface area (Å²) < 4.78 is 6.29. The van der Waals surface area contributed by atoms with Crippen LogP contribution in [0.5, 0.6) is 5.75 Å². The van der Waals surface area contributed by atoms with Crippen LogP contribution in [0.3, 0.4) is 0 Å². The van der Waals surface area contributed by atoms with Crippen molar-refractivity contribution in [2.24, 2.45) is 5.10 Å². The van der Waals surface area contributed by atoms with E-state index in [2.05, 4.69) is 52.4 Å². The van der Waals surface area contributed by atoms with Gasteiger partial charge in [0.25, 0.3) is 0 Å². The Hall–Kier alpha value is -1.81. The molecule has 2 aromatic carbocycles. The minimum Gasteiger partial charge on any atom is -0.496 e. The Morgan fingerprint density at radius 2 is 1.90 bits per heavy atom. The topological polar surface area (TPSA) is 33.6 Å². The number of nitrogens with one attached hydrogen (secondary N) is 1. The molecule has 2 rings (SSSR count). The first-order valence-corrected chi connectivity index (χ1v) is 7.09. The summed E-state index contributed by atoms with van der Waals surface area (Å²) in [5.41, 5.74) is 7.43. The molecule has 4 heteroatoms. The Bertz CT molecular complexity index is 638. The first kappa shape index (κ1) is 14.6. The van der Waals surface area contributed by atoms with Crippen molar-refractivity contribution in [2.45, 2.75) is 13.8 Å². The van der Waals surface area contributed by atoms with Gasteiger partial charge in [0.15, 0.2) is 0 Å². The standard InChI is InChI=1S/C16H17BrN2O/c1-11-4-6-15(8-12(11)2)19-18-10-13-9-14(17)5-7-16(13)20-3/h4-10,19H,1-3H3/b18-10+. The van der Waals surface area contributed by atoms with Crippen LogP contribution in [0.4, 0.5) is 5.69 Å². The third kappa shape index (κ3) is 3.61. The first-order valence-electron chi connectivity index (χ1n) is 6.30. The lowest BCUT2D eigenvalue weighted by molar-refractivity contribution is 0.414. The van der Waals surface area contributed by atoms with Crippen LogP contribution in [0.2, 0.25) is 0 Å². The lowest BCUT2D eigenvalue weighted by Gasteiger charge is -2.06. The maximum atomic E-state index is 5.30. The summed E-state index contributed by atoms with van der Waals surface area (Å²) in [7, 11) is 1.65. The van der Waals surface area contributed by atoms with Gasteiger partial charge >= 0.3 is 0 Å². The van der Waals surface area contributed by atoms with E-state index in [1.165, 1.54) is 11.1 Å². The van der Waals surface area contributed by atoms with Crippen LogP contribution in [0.15, 0.2) is 46.0 Å². The second kappa shape index (κ2) is 6.57. The molecular formula is C16H17BrN2O. The third-order valence-electron chi connectivity index (χ3n) is 3.10. The fraction of sp³-hybridized carbons (Fsp3) is 0.188. The van der Waals surface area contributed by atoms with Gasteiger partial charge in [-0.2, -0.15) is 5.10 Å². The smallest absolute Gasteiger partial charge is 0.127 e. The second-order valence-corrected chi connectivity index (χ2v) is 5.47. The van der Waals surface area contributed by atoms with Gasteiger partial charge in [-0.25, -0.2) is 0 Å². The molecular weight excluding hydrogens is 316 g/mol. The van der Waals surface area contributed by atoms with Crippen LogP contribution in [0, 0.1) is 13.8 Å². The van der Waals surface area contributed by atoms with Crippen LogP contribution < -0.4 is 10.2 Å². The van der Waals surface area contributed by atoms with Crippen molar-refractivity contribution < 1.29 is 4.74 Å². The van der Waals surface area contributed by atoms with E-state index >= 15 is 0 Å². The molecule has 0 bridgehead atoms. The Balaban J connectivity index is 2.13. The largest absolute Gasteiger partial charge is 0.496 e. The van der Waals surface area contributed by atoms with E-state index in [9.17, 15) is 0 Å². The molecule has 0 fully saturated rings. The van der Waals surface area contributed by atoms with E-state index in [1.807, 2.05) is 24.3 Å². The summed E-state index contributed by atoms with van der Waals surface area (Å²) in [6.07, 6.45) is 1.75. The zero-order valence-electron chi connectivity index (χ0n) is 11.8. The molecule has 0 unspecified atom stereocenters. The Morgan fingerprint density at radius 1 is 1.10 bits per heavy atom. The molecule has 0 aliphatic rings. The zero-order valence-corrected chi connectivity index (χ0v) is 13.4. The van der Waals surface area contributed by atoms with Gasteiger partial charge in [0.2, 0.25) is 0 Å². The average Bonchev–Trinajstić information content (AvgIpc) is 2.43. The number of rotatable bonds is 4. The molecule has 3 nitrogen and oxygen atoms in total. The van der Waals surface area contributed by atoms with Crippen LogP contribution in [-0.4, -0.2) is 13.3 Å². The van der Waals surface area contributed by atoms with Gasteiger partial charge in [0, 0.05) is 10.0 Å². The summed E-state index contributed by atoms with van der Waals surface area (Å²) in [5.74, 6) is 0.791. The molecule has 0 spiro atoms. The number of methoxy groups -OCH3 is 1. The first-order chi connectivity index (χ1) is 9.60. The monoisotopic (exact) mass is 332 g/mol. The fourth-order valence-corrected chi connectivity index (χ4v) is 2.17. The van der Waals surface area contributed by atoms with Gasteiger partial charge in [0.1, 0.15) is 5.75 Å². The van der Waals surface area contributed by atoms with Crippen molar-refractivity contribution in [3.63, 3.8) is 0 Å². The molecule has 0 saturated heterocycles. The van der Waals surface area contributed by atoms with Gasteiger partial charge in [-0.15, -0.1) is 0 Å². The SMILES string of the molecule is COc1ccc(Br)cc1/C=N/Nc1ccc(C)c(C)c1. The lowest BCUT2D eigenvalue weighted by atomic mass is 10.1. The van der Waals surface area contributed by atoms with Crippen LogP contribution in [0.1, 0.15) is 16.7 Å². The van der Waals surface area contributed by atoms with Crippen molar-refractivity contribution in [3.8, 4) is 5.75 Å². The maximum Gasteiger partial charge on any atom is 0.127 e. The third-order valence-corrected chi connectivity index (χ3v) is 3.59. The highest BCUT2D eigenvalue weighted by Gasteiger charge is 2.00. The predicted molar refractivity (Wildman–Crippen MR) is 87.8 cm³/mol. The molecule has 2 aromatic rings. The number of nitrogens with zero attached hydrogens (tertiary/aromatic N) is 1. The molecule has 0 aliphatic carbocycles. The summed E-state index contributed by atoms with van der Waals surface area (Å²) in [6, 6.07) is 12.0. The van der Waals surface area contributed by atoms with E-state index in [-0.39, 0.29) is 0 Å². The van der Waals surface area contributed by atoms with E-state index in [1.54, 1.807) is 13.3 Å². The van der Waals surface area contributed by atoms with E-state index in [4.69, 9.17) is 4.74 Å². The molecule has 20 heavy (non-hydrogen) atoms. The van der Waals surface area contributed by atoms with Gasteiger partial charge in [-0.05, 0) is 55.3 Å². The summed E-state index contributed by atoms with van der Waals surface area (Å²) in [4.78, 5) is 0. The number of hydrogen-bond donors (Lipinski definition) is 1. The van der Waals surface area contributed by atoms with Crippen LogP contribution in [-0.2, 0) is 0 Å². The van der Waals surface area contributed by atoms with E-state index in [0.29, 0.717) is 0 Å². The Morgan fingerprint density at radius 3 is 2.60 bits per heavy atom. The van der Waals surface area contributed by atoms with Crippen molar-refractivity contribution in [1.82, 2.24) is 0 Å². The molecule has 0 atom stereocenters. The molecule has 104 valence electrons. The number of anilines is 1.